The monoisotopic (exact) mass is 481 g/mol. The summed E-state index contributed by atoms with van der Waals surface area (Å²) in [7, 11) is 0.451. The van der Waals surface area contributed by atoms with Gasteiger partial charge < -0.3 is 48.4 Å². The van der Waals surface area contributed by atoms with Crippen LogP contribution < -0.4 is 5.32 Å². The number of aliphatic hydroxyl groups excluding tert-OH is 2. The summed E-state index contributed by atoms with van der Waals surface area (Å²) in [6.45, 7) is 6.46. The highest BCUT2D eigenvalue weighted by Gasteiger charge is 2.50. The molecule has 186 valence electrons. The molecule has 0 aromatic carbocycles. The van der Waals surface area contributed by atoms with Gasteiger partial charge in [0.05, 0.1) is 18.8 Å². The summed E-state index contributed by atoms with van der Waals surface area (Å²) < 4.78 is 33.9. The van der Waals surface area contributed by atoms with Crippen LogP contribution in [0.4, 0.5) is 0 Å². The van der Waals surface area contributed by atoms with Crippen LogP contribution in [0.2, 0.25) is 13.1 Å². The first kappa shape index (κ1) is 27.1. The Morgan fingerprint density at radius 3 is 2.38 bits per heavy atom. The maximum atomic E-state index is 11.8. The SMILES string of the molecule is COC1C(O)C(CO[Si](C)(C)OC)OC(OC2CC(O)C(C)OC2C(=O)O)C1NC(C)=O. The van der Waals surface area contributed by atoms with E-state index in [0.717, 1.165) is 0 Å². The minimum absolute atomic E-state index is 0.0181. The van der Waals surface area contributed by atoms with Crippen LogP contribution in [0.5, 0.6) is 0 Å². The molecule has 0 bridgehead atoms. The highest BCUT2D eigenvalue weighted by molar-refractivity contribution is 6.64. The number of methoxy groups -OCH3 is 1. The van der Waals surface area contributed by atoms with E-state index in [9.17, 15) is 24.9 Å². The van der Waals surface area contributed by atoms with Crippen molar-refractivity contribution in [1.82, 2.24) is 5.32 Å². The van der Waals surface area contributed by atoms with Gasteiger partial charge in [-0.15, -0.1) is 0 Å². The summed E-state index contributed by atoms with van der Waals surface area (Å²) in [5, 5.41) is 33.2. The summed E-state index contributed by atoms with van der Waals surface area (Å²) in [5.41, 5.74) is 0. The average molecular weight is 482 g/mol. The molecule has 12 nitrogen and oxygen atoms in total. The summed E-state index contributed by atoms with van der Waals surface area (Å²) in [5.74, 6) is -1.68. The van der Waals surface area contributed by atoms with E-state index in [0.29, 0.717) is 0 Å². The van der Waals surface area contributed by atoms with Gasteiger partial charge in [-0.1, -0.05) is 0 Å². The zero-order valence-electron chi connectivity index (χ0n) is 19.2. The zero-order valence-corrected chi connectivity index (χ0v) is 20.2. The fourth-order valence-corrected chi connectivity index (χ4v) is 4.35. The zero-order chi connectivity index (χ0) is 24.2. The van der Waals surface area contributed by atoms with E-state index in [2.05, 4.69) is 5.32 Å². The molecule has 0 saturated carbocycles. The first-order valence-corrected chi connectivity index (χ1v) is 13.3. The molecule has 2 heterocycles. The normalized spacial score (nSPS) is 38.3. The molecule has 0 aliphatic carbocycles. The lowest BCUT2D eigenvalue weighted by Crippen LogP contribution is -2.66. The van der Waals surface area contributed by atoms with E-state index in [4.69, 9.17) is 27.8 Å². The Morgan fingerprint density at radius 2 is 1.84 bits per heavy atom. The number of ether oxygens (including phenoxy) is 4. The summed E-state index contributed by atoms with van der Waals surface area (Å²) in [6, 6.07) is -0.956. The highest BCUT2D eigenvalue weighted by Crippen LogP contribution is 2.30. The Bertz CT molecular complexity index is 651. The topological polar surface area (TPSA) is 162 Å². The van der Waals surface area contributed by atoms with Crippen molar-refractivity contribution in [1.29, 1.82) is 0 Å². The van der Waals surface area contributed by atoms with Crippen molar-refractivity contribution in [3.8, 4) is 0 Å². The minimum atomic E-state index is -2.45. The van der Waals surface area contributed by atoms with Crippen molar-refractivity contribution in [3.63, 3.8) is 0 Å². The smallest absolute Gasteiger partial charge is 0.335 e. The van der Waals surface area contributed by atoms with Crippen LogP contribution in [0.3, 0.4) is 0 Å². The van der Waals surface area contributed by atoms with E-state index in [1.54, 1.807) is 6.92 Å². The Labute approximate surface area is 188 Å². The molecule has 4 N–H and O–H groups in total. The third-order valence-corrected chi connectivity index (χ3v) is 7.51. The lowest BCUT2D eigenvalue weighted by molar-refractivity contribution is -0.303. The first-order valence-electron chi connectivity index (χ1n) is 10.4. The number of nitrogens with one attached hydrogen (secondary N) is 1. The van der Waals surface area contributed by atoms with Gasteiger partial charge in [-0.2, -0.15) is 0 Å². The molecule has 2 aliphatic rings. The van der Waals surface area contributed by atoms with Crippen LogP contribution >= 0.6 is 0 Å². The lowest BCUT2D eigenvalue weighted by atomic mass is 9.95. The lowest BCUT2D eigenvalue weighted by Gasteiger charge is -2.46. The van der Waals surface area contributed by atoms with E-state index < -0.39 is 75.5 Å². The molecule has 2 saturated heterocycles. The minimum Gasteiger partial charge on any atom is -0.479 e. The molecule has 2 fully saturated rings. The second-order valence-corrected chi connectivity index (χ2v) is 11.9. The van der Waals surface area contributed by atoms with Gasteiger partial charge in [0.1, 0.15) is 30.5 Å². The molecule has 0 aromatic rings. The van der Waals surface area contributed by atoms with Gasteiger partial charge >= 0.3 is 14.5 Å². The predicted octanol–water partition coefficient (Wildman–Crippen LogP) is -1.04. The van der Waals surface area contributed by atoms with Gasteiger partial charge in [-0.3, -0.25) is 4.79 Å². The number of carbonyl (C=O) groups excluding carboxylic acids is 1. The Morgan fingerprint density at radius 1 is 1.19 bits per heavy atom. The van der Waals surface area contributed by atoms with E-state index >= 15 is 0 Å². The van der Waals surface area contributed by atoms with E-state index in [1.807, 2.05) is 13.1 Å². The molecular formula is C19H35NO11Si. The molecule has 32 heavy (non-hydrogen) atoms. The molecule has 9 atom stereocenters. The second-order valence-electron chi connectivity index (χ2n) is 8.45. The summed E-state index contributed by atoms with van der Waals surface area (Å²) in [6.07, 6.45) is -8.30. The first-order chi connectivity index (χ1) is 14.9. The third kappa shape index (κ3) is 6.68. The Kier molecular flexibility index (Phi) is 9.57. The number of hydrogen-bond donors (Lipinski definition) is 4. The van der Waals surface area contributed by atoms with Crippen LogP contribution in [0.25, 0.3) is 0 Å². The van der Waals surface area contributed by atoms with Crippen molar-refractivity contribution in [2.45, 2.75) is 88.4 Å². The van der Waals surface area contributed by atoms with E-state index in [1.165, 1.54) is 21.1 Å². The van der Waals surface area contributed by atoms with Gasteiger partial charge in [0.25, 0.3) is 0 Å². The standard InChI is InChI=1S/C19H35NO11Si/c1-9-11(22)7-12(16(29-9)18(24)25)30-19-14(20-10(2)21)17(26-3)15(23)13(31-19)8-28-32(5,6)27-4/h9,11-17,19,22-23H,7-8H2,1-6H3,(H,20,21)(H,24,25). The molecule has 13 heteroatoms. The Balaban J connectivity index is 2.27. The molecule has 2 rings (SSSR count). The molecular weight excluding hydrogens is 446 g/mol. The van der Waals surface area contributed by atoms with Gasteiger partial charge in [0.15, 0.2) is 12.4 Å². The number of carboxylic acids is 1. The quantitative estimate of drug-likeness (QED) is 0.298. The summed E-state index contributed by atoms with van der Waals surface area (Å²) >= 11 is 0. The van der Waals surface area contributed by atoms with Gasteiger partial charge in [0.2, 0.25) is 5.91 Å². The van der Waals surface area contributed by atoms with Gasteiger partial charge in [0, 0.05) is 27.6 Å². The van der Waals surface area contributed by atoms with Gasteiger partial charge in [-0.05, 0) is 20.0 Å². The number of rotatable bonds is 9. The molecule has 0 aromatic heterocycles. The van der Waals surface area contributed by atoms with Crippen molar-refractivity contribution >= 4 is 20.4 Å². The second kappa shape index (κ2) is 11.3. The van der Waals surface area contributed by atoms with Crippen molar-refractivity contribution < 1.29 is 52.7 Å². The number of hydrogen-bond acceptors (Lipinski definition) is 10. The maximum absolute atomic E-state index is 11.8. The van der Waals surface area contributed by atoms with Gasteiger partial charge in [-0.25, -0.2) is 4.79 Å². The third-order valence-electron chi connectivity index (χ3n) is 5.67. The largest absolute Gasteiger partial charge is 0.479 e. The van der Waals surface area contributed by atoms with Crippen molar-refractivity contribution in [2.75, 3.05) is 20.8 Å². The van der Waals surface area contributed by atoms with Crippen LogP contribution in [0.15, 0.2) is 0 Å². The fraction of sp³-hybridized carbons (Fsp3) is 0.895. The molecule has 1 amide bonds. The number of amides is 1. The number of aliphatic hydroxyl groups is 2. The van der Waals surface area contributed by atoms with Crippen molar-refractivity contribution in [2.24, 2.45) is 0 Å². The molecule has 9 unspecified atom stereocenters. The summed E-state index contributed by atoms with van der Waals surface area (Å²) in [4.78, 5) is 23.5. The molecule has 2 aliphatic heterocycles. The Hall–Kier alpha value is -1.16. The van der Waals surface area contributed by atoms with Crippen LogP contribution in [-0.2, 0) is 37.4 Å². The number of aliphatic carboxylic acids is 1. The highest BCUT2D eigenvalue weighted by atomic mass is 28.4. The molecule has 0 spiro atoms. The van der Waals surface area contributed by atoms with Crippen LogP contribution in [0.1, 0.15) is 20.3 Å². The molecule has 0 radical (unpaired) electrons. The number of carboxylic acid groups (broad SMARTS) is 1. The fourth-order valence-electron chi connectivity index (χ4n) is 3.66. The van der Waals surface area contributed by atoms with E-state index in [-0.39, 0.29) is 13.0 Å². The average Bonchev–Trinajstić information content (AvgIpc) is 2.71. The van der Waals surface area contributed by atoms with Crippen LogP contribution in [-0.4, -0.2) is 112 Å². The maximum Gasteiger partial charge on any atom is 0.335 e. The predicted molar refractivity (Wildman–Crippen MR) is 111 cm³/mol. The number of carbonyl (C=O) groups is 2. The van der Waals surface area contributed by atoms with Crippen LogP contribution in [0, 0.1) is 0 Å². The van der Waals surface area contributed by atoms with Crippen molar-refractivity contribution in [3.05, 3.63) is 0 Å².